The van der Waals surface area contributed by atoms with E-state index in [1.54, 1.807) is 42.3 Å². The predicted molar refractivity (Wildman–Crippen MR) is 175 cm³/mol. The minimum absolute atomic E-state index is 0.0157. The summed E-state index contributed by atoms with van der Waals surface area (Å²) in [4.78, 5) is 28.5. The Morgan fingerprint density at radius 2 is 1.49 bits per heavy atom. The molecule has 9 nitrogen and oxygen atoms in total. The molecule has 1 amide bonds. The van der Waals surface area contributed by atoms with Crippen LogP contribution in [0.15, 0.2) is 77.7 Å². The molecule has 10 heteroatoms. The second-order valence-corrected chi connectivity index (χ2v) is 13.7. The molecule has 1 N–H and O–H groups in total. The first-order valence-corrected chi connectivity index (χ1v) is 16.7. The first kappa shape index (κ1) is 35.7. The van der Waals surface area contributed by atoms with E-state index in [4.69, 9.17) is 9.47 Å². The number of aliphatic hydroxyl groups excluding tert-OH is 1. The minimum atomic E-state index is -3.97. The molecule has 0 aromatic heterocycles. The number of ketones is 1. The summed E-state index contributed by atoms with van der Waals surface area (Å²) in [5, 5.41) is 11.7. The minimum Gasteiger partial charge on any atom is -0.497 e. The second kappa shape index (κ2) is 16.5. The quantitative estimate of drug-likeness (QED) is 0.199. The van der Waals surface area contributed by atoms with Crippen molar-refractivity contribution in [2.75, 3.05) is 40.9 Å². The van der Waals surface area contributed by atoms with Crippen LogP contribution in [0.25, 0.3) is 0 Å². The lowest BCUT2D eigenvalue weighted by molar-refractivity contribution is 0.0689. The van der Waals surface area contributed by atoms with Crippen LogP contribution in [0.4, 0.5) is 0 Å². The summed E-state index contributed by atoms with van der Waals surface area (Å²) >= 11 is 0. The van der Waals surface area contributed by atoms with E-state index >= 15 is 0 Å². The van der Waals surface area contributed by atoms with Crippen LogP contribution in [0.2, 0.25) is 0 Å². The van der Waals surface area contributed by atoms with E-state index < -0.39 is 22.0 Å². The lowest BCUT2D eigenvalue weighted by Gasteiger charge is -2.30. The van der Waals surface area contributed by atoms with E-state index in [1.165, 1.54) is 30.7 Å². The summed E-state index contributed by atoms with van der Waals surface area (Å²) in [7, 11) is 0.727. The molecule has 45 heavy (non-hydrogen) atoms. The molecule has 3 aromatic carbocycles. The molecule has 0 bridgehead atoms. The van der Waals surface area contributed by atoms with Gasteiger partial charge in [-0.1, -0.05) is 51.1 Å². The van der Waals surface area contributed by atoms with E-state index in [2.05, 4.69) is 0 Å². The molecule has 0 spiro atoms. The molecule has 244 valence electrons. The van der Waals surface area contributed by atoms with Gasteiger partial charge >= 0.3 is 0 Å². The standard InChI is InChI=1S/C35H46N2O7S/c1-7-17-36(4)35(40)29-19-28(20-31(21-29)44-6)33(38)22-27(18-26-11-9-8-10-12-26)34(39)24-37(23-25(2)3)45(41,42)32-15-13-30(43-5)14-16-32/h8-16,19-21,25,27,34,39H,7,17-18,22-24H2,1-6H3/t27-,34-/m1/s1. The molecule has 0 fully saturated rings. The van der Waals surface area contributed by atoms with E-state index in [0.717, 1.165) is 12.0 Å². The lowest BCUT2D eigenvalue weighted by Crippen LogP contribution is -2.43. The van der Waals surface area contributed by atoms with Crippen LogP contribution in [-0.4, -0.2) is 81.4 Å². The van der Waals surface area contributed by atoms with Crippen molar-refractivity contribution in [3.8, 4) is 11.5 Å². The second-order valence-electron chi connectivity index (χ2n) is 11.7. The zero-order valence-electron chi connectivity index (χ0n) is 27.1. The van der Waals surface area contributed by atoms with Crippen molar-refractivity contribution >= 4 is 21.7 Å². The maximum Gasteiger partial charge on any atom is 0.253 e. The van der Waals surface area contributed by atoms with Gasteiger partial charge in [0.25, 0.3) is 5.91 Å². The molecule has 0 heterocycles. The Bertz CT molecular complexity index is 1510. The zero-order valence-corrected chi connectivity index (χ0v) is 27.9. The number of methoxy groups -OCH3 is 2. The van der Waals surface area contributed by atoms with Gasteiger partial charge in [0.1, 0.15) is 11.5 Å². The van der Waals surface area contributed by atoms with Crippen molar-refractivity contribution in [2.45, 2.75) is 51.0 Å². The Kier molecular flexibility index (Phi) is 13.1. The van der Waals surface area contributed by atoms with Crippen molar-refractivity contribution in [1.29, 1.82) is 0 Å². The van der Waals surface area contributed by atoms with Crippen LogP contribution in [-0.2, 0) is 16.4 Å². The Balaban J connectivity index is 1.94. The summed E-state index contributed by atoms with van der Waals surface area (Å²) in [6.45, 7) is 6.36. The van der Waals surface area contributed by atoms with Crippen LogP contribution in [0.1, 0.15) is 59.9 Å². The molecular weight excluding hydrogens is 592 g/mol. The third-order valence-corrected chi connectivity index (χ3v) is 9.45. The van der Waals surface area contributed by atoms with Crippen LogP contribution in [0.3, 0.4) is 0 Å². The molecule has 3 aromatic rings. The number of ether oxygens (including phenoxy) is 2. The lowest BCUT2D eigenvalue weighted by atomic mass is 9.87. The topological polar surface area (TPSA) is 113 Å². The van der Waals surface area contributed by atoms with Gasteiger partial charge in [0.05, 0.1) is 25.2 Å². The fourth-order valence-electron chi connectivity index (χ4n) is 5.21. The van der Waals surface area contributed by atoms with Crippen LogP contribution >= 0.6 is 0 Å². The monoisotopic (exact) mass is 638 g/mol. The fraction of sp³-hybridized carbons (Fsp3) is 0.429. The Hall–Kier alpha value is -3.73. The first-order valence-electron chi connectivity index (χ1n) is 15.2. The molecule has 0 aliphatic heterocycles. The largest absolute Gasteiger partial charge is 0.497 e. The van der Waals surface area contributed by atoms with Crippen molar-refractivity contribution < 1.29 is 32.6 Å². The molecule has 0 saturated carbocycles. The van der Waals surface area contributed by atoms with E-state index in [0.29, 0.717) is 30.0 Å². The van der Waals surface area contributed by atoms with E-state index in [1.807, 2.05) is 51.1 Å². The van der Waals surface area contributed by atoms with Crippen molar-refractivity contribution in [2.24, 2.45) is 11.8 Å². The van der Waals surface area contributed by atoms with Crippen LogP contribution in [0, 0.1) is 11.8 Å². The molecule has 0 saturated heterocycles. The molecule has 0 aliphatic rings. The molecule has 2 atom stereocenters. The number of rotatable bonds is 17. The number of benzene rings is 3. The Morgan fingerprint density at radius 1 is 0.867 bits per heavy atom. The molecule has 0 unspecified atom stereocenters. The maximum atomic E-state index is 13.8. The molecular formula is C35H46N2O7S. The van der Waals surface area contributed by atoms with Crippen molar-refractivity contribution in [3.63, 3.8) is 0 Å². The normalized spacial score (nSPS) is 13.0. The van der Waals surface area contributed by atoms with E-state index in [-0.39, 0.29) is 47.6 Å². The maximum absolute atomic E-state index is 13.8. The van der Waals surface area contributed by atoms with Gasteiger partial charge in [-0.15, -0.1) is 0 Å². The Morgan fingerprint density at radius 3 is 2.07 bits per heavy atom. The number of amides is 1. The van der Waals surface area contributed by atoms with Crippen LogP contribution < -0.4 is 9.47 Å². The number of hydrogen-bond acceptors (Lipinski definition) is 7. The third-order valence-electron chi connectivity index (χ3n) is 7.61. The number of nitrogens with zero attached hydrogens (tertiary/aromatic N) is 2. The van der Waals surface area contributed by atoms with Crippen molar-refractivity contribution in [1.82, 2.24) is 9.21 Å². The van der Waals surface area contributed by atoms with Gasteiger partial charge in [0.2, 0.25) is 10.0 Å². The number of sulfonamides is 1. The highest BCUT2D eigenvalue weighted by Gasteiger charge is 2.32. The average molecular weight is 639 g/mol. The van der Waals surface area contributed by atoms with Gasteiger partial charge in [-0.25, -0.2) is 8.42 Å². The smallest absolute Gasteiger partial charge is 0.253 e. The average Bonchev–Trinajstić information content (AvgIpc) is 3.03. The zero-order chi connectivity index (χ0) is 33.1. The van der Waals surface area contributed by atoms with Gasteiger partial charge < -0.3 is 19.5 Å². The van der Waals surface area contributed by atoms with Gasteiger partial charge in [-0.3, -0.25) is 9.59 Å². The van der Waals surface area contributed by atoms with Gasteiger partial charge in [0.15, 0.2) is 5.78 Å². The summed E-state index contributed by atoms with van der Waals surface area (Å²) in [6, 6.07) is 20.4. The highest BCUT2D eigenvalue weighted by molar-refractivity contribution is 7.89. The highest BCUT2D eigenvalue weighted by atomic mass is 32.2. The molecule has 0 radical (unpaired) electrons. The fourth-order valence-corrected chi connectivity index (χ4v) is 6.83. The van der Waals surface area contributed by atoms with E-state index in [9.17, 15) is 23.1 Å². The highest BCUT2D eigenvalue weighted by Crippen LogP contribution is 2.26. The predicted octanol–water partition coefficient (Wildman–Crippen LogP) is 5.33. The third kappa shape index (κ3) is 9.88. The van der Waals surface area contributed by atoms with Crippen LogP contribution in [0.5, 0.6) is 11.5 Å². The number of aliphatic hydroxyl groups is 1. The first-order chi connectivity index (χ1) is 21.4. The van der Waals surface area contributed by atoms with Gasteiger partial charge in [-0.05, 0) is 72.7 Å². The SMILES string of the molecule is CCCN(C)C(=O)c1cc(OC)cc(C(=O)C[C@@H](Cc2ccccc2)[C@H](O)CN(CC(C)C)S(=O)(=O)c2ccc(OC)cc2)c1. The summed E-state index contributed by atoms with van der Waals surface area (Å²) in [5.74, 6) is -0.229. The summed E-state index contributed by atoms with van der Waals surface area (Å²) < 4.78 is 39.4. The molecule has 3 rings (SSSR count). The Labute approximate surface area is 267 Å². The number of Topliss-reactive ketones (excluding diaryl/α,β-unsaturated/α-hetero) is 1. The van der Waals surface area contributed by atoms with Crippen molar-refractivity contribution in [3.05, 3.63) is 89.5 Å². The number of carbonyl (C=O) groups excluding carboxylic acids is 2. The molecule has 0 aliphatic carbocycles. The number of carbonyl (C=O) groups is 2. The van der Waals surface area contributed by atoms with Gasteiger partial charge in [-0.2, -0.15) is 4.31 Å². The summed E-state index contributed by atoms with van der Waals surface area (Å²) in [6.07, 6.45) is -0.0945. The van der Waals surface area contributed by atoms with Gasteiger partial charge in [0, 0.05) is 44.2 Å². The summed E-state index contributed by atoms with van der Waals surface area (Å²) in [5.41, 5.74) is 1.53. The number of hydrogen-bond donors (Lipinski definition) is 1.